The Morgan fingerprint density at radius 3 is 2.73 bits per heavy atom. The molecule has 0 aliphatic heterocycles. The molecule has 86 valence electrons. The fourth-order valence-corrected chi connectivity index (χ4v) is 2.08. The summed E-state index contributed by atoms with van der Waals surface area (Å²) in [4.78, 5) is 4.40. The summed E-state index contributed by atoms with van der Waals surface area (Å²) in [6.07, 6.45) is 0. The van der Waals surface area contributed by atoms with Crippen molar-refractivity contribution in [2.45, 2.75) is 27.3 Å². The molecule has 1 aromatic rings. The van der Waals surface area contributed by atoms with Crippen molar-refractivity contribution in [3.05, 3.63) is 16.1 Å². The Morgan fingerprint density at radius 1 is 1.53 bits per heavy atom. The van der Waals surface area contributed by atoms with Crippen molar-refractivity contribution in [3.63, 3.8) is 0 Å². The third-order valence-electron chi connectivity index (χ3n) is 2.62. The zero-order valence-corrected chi connectivity index (χ0v) is 10.6. The first-order valence-electron chi connectivity index (χ1n) is 5.45. The molecule has 1 aromatic heterocycles. The zero-order chi connectivity index (χ0) is 11.3. The van der Waals surface area contributed by atoms with E-state index in [0.29, 0.717) is 11.8 Å². The first-order valence-corrected chi connectivity index (χ1v) is 6.33. The van der Waals surface area contributed by atoms with Crippen molar-refractivity contribution in [3.8, 4) is 0 Å². The van der Waals surface area contributed by atoms with E-state index in [4.69, 9.17) is 5.73 Å². The van der Waals surface area contributed by atoms with Gasteiger partial charge in [-0.15, -0.1) is 11.3 Å². The van der Waals surface area contributed by atoms with Gasteiger partial charge in [0.05, 0.1) is 10.7 Å². The van der Waals surface area contributed by atoms with Crippen molar-refractivity contribution in [1.82, 2.24) is 10.3 Å². The Morgan fingerprint density at radius 2 is 2.27 bits per heavy atom. The highest BCUT2D eigenvalue weighted by Gasteiger charge is 2.10. The van der Waals surface area contributed by atoms with Crippen LogP contribution in [0.4, 0.5) is 0 Å². The molecule has 1 heterocycles. The molecule has 0 aliphatic carbocycles. The fourth-order valence-electron chi connectivity index (χ4n) is 1.47. The van der Waals surface area contributed by atoms with Crippen LogP contribution in [0.1, 0.15) is 24.5 Å². The lowest BCUT2D eigenvalue weighted by Crippen LogP contribution is -2.31. The Kier molecular flexibility index (Phi) is 5.22. The summed E-state index contributed by atoms with van der Waals surface area (Å²) in [5.41, 5.74) is 6.84. The molecule has 3 nitrogen and oxygen atoms in total. The van der Waals surface area contributed by atoms with Crippen LogP contribution in [0.15, 0.2) is 5.38 Å². The molecule has 0 saturated carbocycles. The summed E-state index contributed by atoms with van der Waals surface area (Å²) >= 11 is 1.70. The van der Waals surface area contributed by atoms with E-state index in [1.54, 1.807) is 11.3 Å². The summed E-state index contributed by atoms with van der Waals surface area (Å²) in [5.74, 6) is 1.20. The van der Waals surface area contributed by atoms with Crippen LogP contribution < -0.4 is 11.1 Å². The lowest BCUT2D eigenvalue weighted by atomic mass is 9.96. The van der Waals surface area contributed by atoms with Gasteiger partial charge in [0.1, 0.15) is 0 Å². The number of rotatable bonds is 6. The lowest BCUT2D eigenvalue weighted by Gasteiger charge is -2.18. The molecule has 15 heavy (non-hydrogen) atoms. The molecule has 0 radical (unpaired) electrons. The highest BCUT2D eigenvalue weighted by molar-refractivity contribution is 7.09. The minimum absolute atomic E-state index is 0.560. The molecule has 0 bridgehead atoms. The monoisotopic (exact) mass is 227 g/mol. The average molecular weight is 227 g/mol. The van der Waals surface area contributed by atoms with E-state index in [0.717, 1.165) is 30.3 Å². The van der Waals surface area contributed by atoms with Gasteiger partial charge in [-0.25, -0.2) is 4.98 Å². The molecular formula is C11H21N3S. The lowest BCUT2D eigenvalue weighted by molar-refractivity contribution is 0.370. The number of hydrogen-bond acceptors (Lipinski definition) is 4. The molecule has 1 unspecified atom stereocenters. The molecule has 4 heteroatoms. The molecular weight excluding hydrogens is 206 g/mol. The van der Waals surface area contributed by atoms with E-state index in [1.165, 1.54) is 0 Å². The Balaban J connectivity index is 2.26. The molecule has 1 atom stereocenters. The van der Waals surface area contributed by atoms with Gasteiger partial charge in [0.2, 0.25) is 0 Å². The smallest absolute Gasteiger partial charge is 0.0897 e. The maximum Gasteiger partial charge on any atom is 0.0897 e. The Bertz CT molecular complexity index is 283. The molecule has 1 rings (SSSR count). The average Bonchev–Trinajstić information content (AvgIpc) is 2.58. The van der Waals surface area contributed by atoms with Crippen LogP contribution in [-0.2, 0) is 6.54 Å². The second-order valence-electron chi connectivity index (χ2n) is 4.23. The minimum atomic E-state index is 0.560. The van der Waals surface area contributed by atoms with Gasteiger partial charge in [-0.05, 0) is 31.8 Å². The Hall–Kier alpha value is -0.450. The summed E-state index contributed by atoms with van der Waals surface area (Å²) in [6, 6.07) is 0. The number of aryl methyl sites for hydroxylation is 1. The van der Waals surface area contributed by atoms with Crippen LogP contribution in [0.25, 0.3) is 0 Å². The predicted octanol–water partition coefficient (Wildman–Crippen LogP) is 1.77. The maximum absolute atomic E-state index is 5.70. The molecule has 0 amide bonds. The number of nitrogens with zero attached hydrogens (tertiary/aromatic N) is 1. The minimum Gasteiger partial charge on any atom is -0.330 e. The van der Waals surface area contributed by atoms with E-state index in [-0.39, 0.29) is 0 Å². The highest BCUT2D eigenvalue weighted by atomic mass is 32.1. The second kappa shape index (κ2) is 6.20. The molecule has 0 aromatic carbocycles. The van der Waals surface area contributed by atoms with E-state index in [2.05, 4.69) is 29.5 Å². The van der Waals surface area contributed by atoms with Gasteiger partial charge >= 0.3 is 0 Å². The predicted molar refractivity (Wildman–Crippen MR) is 65.9 cm³/mol. The van der Waals surface area contributed by atoms with Gasteiger partial charge in [0, 0.05) is 11.9 Å². The molecule has 0 fully saturated rings. The van der Waals surface area contributed by atoms with Crippen LogP contribution >= 0.6 is 11.3 Å². The molecule has 0 spiro atoms. The SMILES string of the molecule is Cc1nc(CNCC(CN)C(C)C)cs1. The second-order valence-corrected chi connectivity index (χ2v) is 5.29. The summed E-state index contributed by atoms with van der Waals surface area (Å²) in [5, 5.41) is 6.65. The van der Waals surface area contributed by atoms with Gasteiger partial charge < -0.3 is 11.1 Å². The topological polar surface area (TPSA) is 50.9 Å². The molecule has 0 aliphatic rings. The largest absolute Gasteiger partial charge is 0.330 e. The third kappa shape index (κ3) is 4.28. The third-order valence-corrected chi connectivity index (χ3v) is 3.45. The van der Waals surface area contributed by atoms with Crippen molar-refractivity contribution in [2.75, 3.05) is 13.1 Å². The van der Waals surface area contributed by atoms with Gasteiger partial charge in [-0.3, -0.25) is 0 Å². The number of nitrogens with one attached hydrogen (secondary N) is 1. The standard InChI is InChI=1S/C11H21N3S/c1-8(2)10(4-12)5-13-6-11-7-15-9(3)14-11/h7-8,10,13H,4-6,12H2,1-3H3. The van der Waals surface area contributed by atoms with Crippen LogP contribution in [0.5, 0.6) is 0 Å². The summed E-state index contributed by atoms with van der Waals surface area (Å²) < 4.78 is 0. The number of hydrogen-bond donors (Lipinski definition) is 2. The number of thiazole rings is 1. The Labute approximate surface area is 96.1 Å². The van der Waals surface area contributed by atoms with E-state index >= 15 is 0 Å². The van der Waals surface area contributed by atoms with E-state index in [1.807, 2.05) is 6.92 Å². The van der Waals surface area contributed by atoms with Gasteiger partial charge in [0.15, 0.2) is 0 Å². The van der Waals surface area contributed by atoms with Crippen LogP contribution in [-0.4, -0.2) is 18.1 Å². The van der Waals surface area contributed by atoms with Crippen LogP contribution in [0.3, 0.4) is 0 Å². The van der Waals surface area contributed by atoms with Crippen molar-refractivity contribution >= 4 is 11.3 Å². The van der Waals surface area contributed by atoms with Gasteiger partial charge in [0.25, 0.3) is 0 Å². The van der Waals surface area contributed by atoms with Crippen molar-refractivity contribution in [1.29, 1.82) is 0 Å². The fraction of sp³-hybridized carbons (Fsp3) is 0.727. The molecule has 3 N–H and O–H groups in total. The number of aromatic nitrogens is 1. The number of nitrogens with two attached hydrogens (primary N) is 1. The molecule has 0 saturated heterocycles. The van der Waals surface area contributed by atoms with Crippen LogP contribution in [0, 0.1) is 18.8 Å². The summed E-state index contributed by atoms with van der Waals surface area (Å²) in [7, 11) is 0. The summed E-state index contributed by atoms with van der Waals surface area (Å²) in [6.45, 7) is 9.04. The van der Waals surface area contributed by atoms with Crippen molar-refractivity contribution in [2.24, 2.45) is 17.6 Å². The van der Waals surface area contributed by atoms with E-state index in [9.17, 15) is 0 Å². The van der Waals surface area contributed by atoms with E-state index < -0.39 is 0 Å². The zero-order valence-electron chi connectivity index (χ0n) is 9.79. The maximum atomic E-state index is 5.70. The first kappa shape index (κ1) is 12.6. The van der Waals surface area contributed by atoms with Crippen molar-refractivity contribution < 1.29 is 0 Å². The highest BCUT2D eigenvalue weighted by Crippen LogP contribution is 2.09. The first-order chi connectivity index (χ1) is 7.13. The van der Waals surface area contributed by atoms with Crippen LogP contribution in [0.2, 0.25) is 0 Å². The quantitative estimate of drug-likeness (QED) is 0.779. The van der Waals surface area contributed by atoms with Gasteiger partial charge in [-0.2, -0.15) is 0 Å². The normalized spacial score (nSPS) is 13.4. The van der Waals surface area contributed by atoms with Gasteiger partial charge in [-0.1, -0.05) is 13.8 Å².